The minimum atomic E-state index is -5.48. The van der Waals surface area contributed by atoms with Gasteiger partial charge in [0.2, 0.25) is 5.92 Å². The molecule has 0 atom stereocenters. The van der Waals surface area contributed by atoms with Gasteiger partial charge in [0.1, 0.15) is 0 Å². The first-order valence-electron chi connectivity index (χ1n) is 7.09. The number of ether oxygens (including phenoxy) is 2. The van der Waals surface area contributed by atoms with Crippen molar-refractivity contribution >= 4 is 17.7 Å². The molecule has 144 valence electrons. The van der Waals surface area contributed by atoms with Crippen molar-refractivity contribution in [1.29, 1.82) is 0 Å². The number of rotatable bonds is 6. The second-order valence-corrected chi connectivity index (χ2v) is 4.71. The number of hydrogen-bond donors (Lipinski definition) is 0. The van der Waals surface area contributed by atoms with Gasteiger partial charge in [0.25, 0.3) is 0 Å². The van der Waals surface area contributed by atoms with E-state index < -0.39 is 64.5 Å². The fraction of sp³-hybridized carbons (Fsp3) is 0.400. The average molecular weight is 386 g/mol. The number of carbonyl (C=O) groups excluding carboxylic acids is 3. The number of carbonyl (C=O) groups is 3. The van der Waals surface area contributed by atoms with Crippen LogP contribution in [0.15, 0.2) is 6.07 Å². The normalized spacial score (nSPS) is 11.4. The molecular weight excluding hydrogens is 374 g/mol. The highest BCUT2D eigenvalue weighted by atomic mass is 19.4. The first-order chi connectivity index (χ1) is 12.0. The van der Waals surface area contributed by atoms with E-state index in [4.69, 9.17) is 0 Å². The SMILES string of the molecule is CCOC(=O)C(C(=O)OCC)C(=O)c1c(C(F)(F)F)cc(F)c(F)c1F. The van der Waals surface area contributed by atoms with Crippen molar-refractivity contribution in [2.45, 2.75) is 20.0 Å². The molecule has 0 aliphatic heterocycles. The van der Waals surface area contributed by atoms with Crippen LogP contribution in [-0.2, 0) is 25.2 Å². The van der Waals surface area contributed by atoms with E-state index in [0.717, 1.165) is 0 Å². The Kier molecular flexibility index (Phi) is 6.76. The maximum absolute atomic E-state index is 13.9. The number of halogens is 6. The topological polar surface area (TPSA) is 69.7 Å². The van der Waals surface area contributed by atoms with Gasteiger partial charge in [-0.1, -0.05) is 0 Å². The molecule has 0 amide bonds. The predicted molar refractivity (Wildman–Crippen MR) is 72.4 cm³/mol. The summed E-state index contributed by atoms with van der Waals surface area (Å²) in [4.78, 5) is 35.9. The van der Waals surface area contributed by atoms with Gasteiger partial charge in [-0.3, -0.25) is 14.4 Å². The quantitative estimate of drug-likeness (QED) is 0.247. The minimum Gasteiger partial charge on any atom is -0.465 e. The van der Waals surface area contributed by atoms with Crippen LogP contribution in [-0.4, -0.2) is 30.9 Å². The number of hydrogen-bond acceptors (Lipinski definition) is 5. The van der Waals surface area contributed by atoms with Crippen LogP contribution in [0.25, 0.3) is 0 Å². The molecule has 0 spiro atoms. The second-order valence-electron chi connectivity index (χ2n) is 4.71. The van der Waals surface area contributed by atoms with Crippen molar-refractivity contribution < 1.29 is 50.2 Å². The van der Waals surface area contributed by atoms with E-state index in [2.05, 4.69) is 9.47 Å². The molecule has 0 radical (unpaired) electrons. The van der Waals surface area contributed by atoms with Crippen LogP contribution in [0.4, 0.5) is 26.3 Å². The summed E-state index contributed by atoms with van der Waals surface area (Å²) >= 11 is 0. The zero-order valence-corrected chi connectivity index (χ0v) is 13.4. The molecule has 0 unspecified atom stereocenters. The standard InChI is InChI=1S/C15H12F6O5/c1-3-25-13(23)9(14(24)26-4-2)12(22)8-6(15(19,20)21)5-7(16)10(17)11(8)18/h5,9H,3-4H2,1-2H3. The fourth-order valence-corrected chi connectivity index (χ4v) is 1.97. The lowest BCUT2D eigenvalue weighted by Gasteiger charge is -2.18. The monoisotopic (exact) mass is 386 g/mol. The Morgan fingerprint density at radius 1 is 0.962 bits per heavy atom. The molecule has 26 heavy (non-hydrogen) atoms. The Bertz CT molecular complexity index is 710. The highest BCUT2D eigenvalue weighted by Gasteiger charge is 2.45. The summed E-state index contributed by atoms with van der Waals surface area (Å²) in [5, 5.41) is 0. The number of alkyl halides is 3. The zero-order valence-electron chi connectivity index (χ0n) is 13.4. The molecule has 0 fully saturated rings. The largest absolute Gasteiger partial charge is 0.465 e. The van der Waals surface area contributed by atoms with Crippen molar-refractivity contribution in [3.05, 3.63) is 34.6 Å². The van der Waals surface area contributed by atoms with Crippen LogP contribution in [0.3, 0.4) is 0 Å². The van der Waals surface area contributed by atoms with E-state index in [0.29, 0.717) is 0 Å². The zero-order chi connectivity index (χ0) is 20.2. The van der Waals surface area contributed by atoms with Gasteiger partial charge in [-0.2, -0.15) is 13.2 Å². The van der Waals surface area contributed by atoms with Gasteiger partial charge in [-0.15, -0.1) is 0 Å². The Labute approximate surface area is 142 Å². The van der Waals surface area contributed by atoms with Crippen LogP contribution in [0.5, 0.6) is 0 Å². The van der Waals surface area contributed by atoms with E-state index in [9.17, 15) is 40.7 Å². The van der Waals surface area contributed by atoms with E-state index in [-0.39, 0.29) is 13.2 Å². The number of ketones is 1. The molecule has 1 rings (SSSR count). The van der Waals surface area contributed by atoms with E-state index in [1.165, 1.54) is 13.8 Å². The van der Waals surface area contributed by atoms with Crippen LogP contribution in [0.2, 0.25) is 0 Å². The third kappa shape index (κ3) is 4.33. The van der Waals surface area contributed by atoms with Crippen molar-refractivity contribution in [2.24, 2.45) is 5.92 Å². The minimum absolute atomic E-state index is 0.367. The van der Waals surface area contributed by atoms with Crippen molar-refractivity contribution in [3.63, 3.8) is 0 Å². The molecule has 0 aliphatic carbocycles. The Balaban J connectivity index is 3.64. The van der Waals surface area contributed by atoms with E-state index in [1.54, 1.807) is 0 Å². The molecule has 11 heteroatoms. The molecule has 0 N–H and O–H groups in total. The summed E-state index contributed by atoms with van der Waals surface area (Å²) in [5.41, 5.74) is -4.18. The fourth-order valence-electron chi connectivity index (χ4n) is 1.97. The Morgan fingerprint density at radius 3 is 1.81 bits per heavy atom. The van der Waals surface area contributed by atoms with Gasteiger partial charge >= 0.3 is 18.1 Å². The number of Topliss-reactive ketones (excluding diaryl/α,β-unsaturated/α-hetero) is 1. The van der Waals surface area contributed by atoms with Crippen molar-refractivity contribution in [3.8, 4) is 0 Å². The summed E-state index contributed by atoms with van der Waals surface area (Å²) < 4.78 is 88.3. The summed E-state index contributed by atoms with van der Waals surface area (Å²) in [6, 6.07) is -0.445. The highest BCUT2D eigenvalue weighted by Crippen LogP contribution is 2.36. The molecule has 0 aliphatic rings. The van der Waals surface area contributed by atoms with Crippen LogP contribution >= 0.6 is 0 Å². The maximum atomic E-state index is 13.9. The van der Waals surface area contributed by atoms with Gasteiger partial charge in [0, 0.05) is 0 Å². The summed E-state index contributed by atoms with van der Waals surface area (Å²) in [7, 11) is 0. The molecule has 0 bridgehead atoms. The third-order valence-corrected chi connectivity index (χ3v) is 3.02. The van der Waals surface area contributed by atoms with Crippen molar-refractivity contribution in [1.82, 2.24) is 0 Å². The highest BCUT2D eigenvalue weighted by molar-refractivity contribution is 6.21. The molecule has 1 aromatic carbocycles. The molecule has 1 aromatic rings. The first-order valence-corrected chi connectivity index (χ1v) is 7.09. The third-order valence-electron chi connectivity index (χ3n) is 3.02. The smallest absolute Gasteiger partial charge is 0.417 e. The molecule has 0 saturated heterocycles. The van der Waals surface area contributed by atoms with Gasteiger partial charge in [0.15, 0.2) is 23.2 Å². The first kappa shape index (κ1) is 21.5. The maximum Gasteiger partial charge on any atom is 0.417 e. The molecule has 0 saturated carbocycles. The van der Waals surface area contributed by atoms with Crippen LogP contribution < -0.4 is 0 Å². The second kappa shape index (κ2) is 8.19. The molecule has 0 aromatic heterocycles. The van der Waals surface area contributed by atoms with Gasteiger partial charge in [-0.05, 0) is 19.9 Å². The van der Waals surface area contributed by atoms with E-state index in [1.807, 2.05) is 0 Å². The molecular formula is C15H12F6O5. The summed E-state index contributed by atoms with van der Waals surface area (Å²) in [5.74, 6) is -15.0. The molecule has 0 heterocycles. The lowest BCUT2D eigenvalue weighted by atomic mass is 9.92. The van der Waals surface area contributed by atoms with Crippen LogP contribution in [0, 0.1) is 23.4 Å². The van der Waals surface area contributed by atoms with Gasteiger partial charge in [-0.25, -0.2) is 13.2 Å². The lowest BCUT2D eigenvalue weighted by molar-refractivity contribution is -0.159. The van der Waals surface area contributed by atoms with E-state index >= 15 is 0 Å². The Hall–Kier alpha value is -2.59. The van der Waals surface area contributed by atoms with Gasteiger partial charge < -0.3 is 9.47 Å². The lowest BCUT2D eigenvalue weighted by Crippen LogP contribution is -2.36. The van der Waals surface area contributed by atoms with Crippen molar-refractivity contribution in [2.75, 3.05) is 13.2 Å². The average Bonchev–Trinajstić information content (AvgIpc) is 2.51. The van der Waals surface area contributed by atoms with Crippen LogP contribution in [0.1, 0.15) is 29.8 Å². The summed E-state index contributed by atoms with van der Waals surface area (Å²) in [6.45, 7) is 1.80. The number of esters is 2. The number of benzene rings is 1. The summed E-state index contributed by atoms with van der Waals surface area (Å²) in [6.07, 6.45) is -5.48. The molecule has 5 nitrogen and oxygen atoms in total. The predicted octanol–water partition coefficient (Wildman–Crippen LogP) is 3.05. The Morgan fingerprint density at radius 2 is 1.42 bits per heavy atom. The van der Waals surface area contributed by atoms with Gasteiger partial charge in [0.05, 0.1) is 24.3 Å².